The summed E-state index contributed by atoms with van der Waals surface area (Å²) in [5.74, 6) is -1.88. The van der Waals surface area contributed by atoms with Gasteiger partial charge in [0, 0.05) is 12.1 Å². The van der Waals surface area contributed by atoms with Gasteiger partial charge in [-0.1, -0.05) is 0 Å². The number of anilines is 1. The molecule has 5 nitrogen and oxygen atoms in total. The number of carboxylic acid groups (broad SMARTS) is 1. The van der Waals surface area contributed by atoms with E-state index in [4.69, 9.17) is 10.8 Å². The summed E-state index contributed by atoms with van der Waals surface area (Å²) in [7, 11) is 0. The van der Waals surface area contributed by atoms with Crippen molar-refractivity contribution in [2.75, 3.05) is 5.32 Å². The van der Waals surface area contributed by atoms with Crippen LogP contribution in [-0.4, -0.2) is 22.5 Å². The van der Waals surface area contributed by atoms with Crippen LogP contribution in [0.3, 0.4) is 0 Å². The Morgan fingerprint density at radius 2 is 1.95 bits per heavy atom. The minimum atomic E-state index is -1.06. The van der Waals surface area contributed by atoms with Gasteiger partial charge in [-0.15, -0.1) is 0 Å². The second kappa shape index (κ2) is 6.17. The van der Waals surface area contributed by atoms with E-state index in [1.807, 2.05) is 0 Å². The van der Waals surface area contributed by atoms with Gasteiger partial charge in [0.25, 0.3) is 0 Å². The lowest BCUT2D eigenvalue weighted by molar-refractivity contribution is -0.137. The number of carbonyl (C=O) groups excluding carboxylic acids is 1. The Hall–Kier alpha value is -2.11. The smallest absolute Gasteiger partial charge is 0.303 e. The van der Waals surface area contributed by atoms with Crippen LogP contribution in [0.5, 0.6) is 0 Å². The first-order valence-electron chi connectivity index (χ1n) is 5.89. The SMILES string of the molecule is CC(CCCC(=O)O)(Nc1ccc(F)cc1)C(N)=O. The summed E-state index contributed by atoms with van der Waals surface area (Å²) in [5, 5.41) is 11.5. The molecule has 104 valence electrons. The van der Waals surface area contributed by atoms with Gasteiger partial charge in [-0.05, 0) is 44.0 Å². The van der Waals surface area contributed by atoms with E-state index in [0.717, 1.165) is 0 Å². The van der Waals surface area contributed by atoms with Gasteiger partial charge < -0.3 is 16.2 Å². The summed E-state index contributed by atoms with van der Waals surface area (Å²) < 4.78 is 12.8. The number of aliphatic carboxylic acids is 1. The Bertz CT molecular complexity index is 461. The Balaban J connectivity index is 2.73. The molecular formula is C13H17FN2O3. The van der Waals surface area contributed by atoms with Gasteiger partial charge in [-0.2, -0.15) is 0 Å². The fourth-order valence-electron chi connectivity index (χ4n) is 1.69. The first-order chi connectivity index (χ1) is 8.83. The van der Waals surface area contributed by atoms with Crippen molar-refractivity contribution >= 4 is 17.6 Å². The number of nitrogens with two attached hydrogens (primary N) is 1. The number of nitrogens with one attached hydrogen (secondary N) is 1. The molecule has 0 saturated heterocycles. The van der Waals surface area contributed by atoms with E-state index < -0.39 is 17.4 Å². The molecule has 1 atom stereocenters. The number of primary amides is 1. The van der Waals surface area contributed by atoms with E-state index in [1.54, 1.807) is 6.92 Å². The van der Waals surface area contributed by atoms with Gasteiger partial charge >= 0.3 is 5.97 Å². The molecule has 4 N–H and O–H groups in total. The van der Waals surface area contributed by atoms with Crippen molar-refractivity contribution in [3.8, 4) is 0 Å². The van der Waals surface area contributed by atoms with E-state index in [2.05, 4.69) is 5.32 Å². The van der Waals surface area contributed by atoms with Crippen LogP contribution < -0.4 is 11.1 Å². The van der Waals surface area contributed by atoms with Crippen molar-refractivity contribution in [3.63, 3.8) is 0 Å². The standard InChI is InChI=1S/C13H17FN2O3/c1-13(12(15)19,8-2-3-11(17)18)16-10-6-4-9(14)5-7-10/h4-7,16H,2-3,8H2,1H3,(H2,15,19)(H,17,18). The van der Waals surface area contributed by atoms with Crippen molar-refractivity contribution in [2.24, 2.45) is 5.73 Å². The lowest BCUT2D eigenvalue weighted by Crippen LogP contribution is -2.47. The Labute approximate surface area is 110 Å². The first kappa shape index (κ1) is 14.9. The van der Waals surface area contributed by atoms with Crippen LogP contribution in [0.4, 0.5) is 10.1 Å². The molecule has 1 rings (SSSR count). The highest BCUT2D eigenvalue weighted by Gasteiger charge is 2.30. The summed E-state index contributed by atoms with van der Waals surface area (Å²) in [6.07, 6.45) is 0.572. The number of hydrogen-bond acceptors (Lipinski definition) is 3. The average molecular weight is 268 g/mol. The predicted molar refractivity (Wildman–Crippen MR) is 69.1 cm³/mol. The third kappa shape index (κ3) is 4.57. The number of carboxylic acids is 1. The van der Waals surface area contributed by atoms with Crippen LogP contribution in [0.15, 0.2) is 24.3 Å². The molecule has 0 radical (unpaired) electrons. The lowest BCUT2D eigenvalue weighted by atomic mass is 9.93. The van der Waals surface area contributed by atoms with Gasteiger partial charge in [0.15, 0.2) is 0 Å². The highest BCUT2D eigenvalue weighted by molar-refractivity contribution is 5.87. The second-order valence-corrected chi connectivity index (χ2v) is 4.58. The Morgan fingerprint density at radius 3 is 2.42 bits per heavy atom. The minimum Gasteiger partial charge on any atom is -0.481 e. The maximum atomic E-state index is 12.8. The zero-order valence-electron chi connectivity index (χ0n) is 10.6. The van der Waals surface area contributed by atoms with Gasteiger partial charge in [-0.25, -0.2) is 4.39 Å². The fraction of sp³-hybridized carbons (Fsp3) is 0.385. The third-order valence-corrected chi connectivity index (χ3v) is 2.88. The molecule has 1 amide bonds. The largest absolute Gasteiger partial charge is 0.481 e. The van der Waals surface area contributed by atoms with Crippen molar-refractivity contribution in [1.82, 2.24) is 0 Å². The quantitative estimate of drug-likeness (QED) is 0.702. The number of amides is 1. The molecule has 0 saturated carbocycles. The molecule has 0 bridgehead atoms. The lowest BCUT2D eigenvalue weighted by Gasteiger charge is -2.28. The van der Waals surface area contributed by atoms with Gasteiger partial charge in [0.1, 0.15) is 11.4 Å². The van der Waals surface area contributed by atoms with Crippen molar-refractivity contribution < 1.29 is 19.1 Å². The van der Waals surface area contributed by atoms with E-state index in [0.29, 0.717) is 12.1 Å². The average Bonchev–Trinajstić information content (AvgIpc) is 2.31. The van der Waals surface area contributed by atoms with Gasteiger partial charge in [-0.3, -0.25) is 9.59 Å². The molecule has 0 aliphatic heterocycles. The van der Waals surface area contributed by atoms with Crippen molar-refractivity contribution in [2.45, 2.75) is 31.7 Å². The maximum Gasteiger partial charge on any atom is 0.303 e. The van der Waals surface area contributed by atoms with E-state index >= 15 is 0 Å². The van der Waals surface area contributed by atoms with Crippen molar-refractivity contribution in [1.29, 1.82) is 0 Å². The topological polar surface area (TPSA) is 92.4 Å². The summed E-state index contributed by atoms with van der Waals surface area (Å²) in [4.78, 5) is 22.0. The molecular weight excluding hydrogens is 251 g/mol. The molecule has 0 spiro atoms. The van der Waals surface area contributed by atoms with Crippen LogP contribution in [-0.2, 0) is 9.59 Å². The molecule has 6 heteroatoms. The Morgan fingerprint density at radius 1 is 1.37 bits per heavy atom. The van der Waals surface area contributed by atoms with Crippen LogP contribution in [0.25, 0.3) is 0 Å². The van der Waals surface area contributed by atoms with Gasteiger partial charge in [0.2, 0.25) is 5.91 Å². The maximum absolute atomic E-state index is 12.8. The zero-order valence-corrected chi connectivity index (χ0v) is 10.6. The van der Waals surface area contributed by atoms with Gasteiger partial charge in [0.05, 0.1) is 0 Å². The van der Waals surface area contributed by atoms with E-state index in [1.165, 1.54) is 24.3 Å². The molecule has 0 aliphatic rings. The number of benzene rings is 1. The summed E-state index contributed by atoms with van der Waals surface area (Å²) in [6.45, 7) is 1.60. The van der Waals surface area contributed by atoms with Crippen molar-refractivity contribution in [3.05, 3.63) is 30.1 Å². The number of hydrogen-bond donors (Lipinski definition) is 3. The van der Waals surface area contributed by atoms with Crippen LogP contribution in [0, 0.1) is 5.82 Å². The molecule has 0 heterocycles. The molecule has 0 aliphatic carbocycles. The minimum absolute atomic E-state index is 0.0338. The first-order valence-corrected chi connectivity index (χ1v) is 5.89. The monoisotopic (exact) mass is 268 g/mol. The van der Waals surface area contributed by atoms with Crippen LogP contribution >= 0.6 is 0 Å². The highest BCUT2D eigenvalue weighted by Crippen LogP contribution is 2.21. The molecule has 1 aromatic carbocycles. The zero-order chi connectivity index (χ0) is 14.5. The second-order valence-electron chi connectivity index (χ2n) is 4.58. The summed E-state index contributed by atoms with van der Waals surface area (Å²) in [6, 6.07) is 5.52. The molecule has 1 unspecified atom stereocenters. The molecule has 1 aromatic rings. The predicted octanol–water partition coefficient (Wildman–Crippen LogP) is 1.74. The fourth-order valence-corrected chi connectivity index (χ4v) is 1.69. The van der Waals surface area contributed by atoms with Crippen LogP contribution in [0.1, 0.15) is 26.2 Å². The summed E-state index contributed by atoms with van der Waals surface area (Å²) >= 11 is 0. The summed E-state index contributed by atoms with van der Waals surface area (Å²) in [5.41, 5.74) is 4.83. The molecule has 0 aromatic heterocycles. The molecule has 19 heavy (non-hydrogen) atoms. The Kier molecular flexibility index (Phi) is 4.86. The third-order valence-electron chi connectivity index (χ3n) is 2.88. The highest BCUT2D eigenvalue weighted by atomic mass is 19.1. The van der Waals surface area contributed by atoms with E-state index in [9.17, 15) is 14.0 Å². The van der Waals surface area contributed by atoms with Crippen LogP contribution in [0.2, 0.25) is 0 Å². The normalized spacial score (nSPS) is 13.6. The number of carbonyl (C=O) groups is 2. The number of rotatable bonds is 7. The van der Waals surface area contributed by atoms with E-state index in [-0.39, 0.29) is 18.7 Å². The molecule has 0 fully saturated rings. The number of halogens is 1.